The summed E-state index contributed by atoms with van der Waals surface area (Å²) < 4.78 is 60.8. The van der Waals surface area contributed by atoms with Gasteiger partial charge in [-0.1, -0.05) is 11.6 Å². The van der Waals surface area contributed by atoms with Gasteiger partial charge in [0.15, 0.2) is 0 Å². The van der Waals surface area contributed by atoms with E-state index in [1.807, 2.05) is 30.3 Å². The fourth-order valence-electron chi connectivity index (χ4n) is 5.81. The van der Waals surface area contributed by atoms with E-state index in [9.17, 15) is 21.9 Å². The number of phenols is 1. The second-order valence-electron chi connectivity index (χ2n) is 11.7. The monoisotopic (exact) mass is 707 g/mol. The summed E-state index contributed by atoms with van der Waals surface area (Å²) in [5.41, 5.74) is 5.96. The molecule has 16 heteroatoms. The third-order valence-electron chi connectivity index (χ3n) is 8.09. The molecule has 0 amide bonds. The van der Waals surface area contributed by atoms with Gasteiger partial charge in [-0.05, 0) is 88.3 Å². The van der Waals surface area contributed by atoms with E-state index in [1.54, 1.807) is 7.11 Å². The Morgan fingerprint density at radius 3 is 1.87 bits per heavy atom. The number of aromatic nitrogens is 2. The van der Waals surface area contributed by atoms with Gasteiger partial charge in [0.25, 0.3) is 20.2 Å². The Hall–Kier alpha value is -3.31. The number of anilines is 2. The number of nitrogens with zero attached hydrogens (tertiary/aromatic N) is 4. The van der Waals surface area contributed by atoms with Gasteiger partial charge >= 0.3 is 0 Å². The van der Waals surface area contributed by atoms with Crippen LogP contribution in [0.5, 0.6) is 11.6 Å². The first-order chi connectivity index (χ1) is 22.3. The predicted molar refractivity (Wildman–Crippen MR) is 182 cm³/mol. The maximum atomic E-state index is 11.3. The van der Waals surface area contributed by atoms with Gasteiger partial charge in [-0.15, -0.1) is 0 Å². The lowest BCUT2D eigenvalue weighted by Gasteiger charge is -2.22. The number of rotatable bonds is 10. The third-order valence-corrected chi connectivity index (χ3v) is 10.0. The topological polar surface area (TPSA) is 182 Å². The molecule has 0 spiro atoms. The molecule has 0 radical (unpaired) electrons. The van der Waals surface area contributed by atoms with Gasteiger partial charge in [0.2, 0.25) is 5.88 Å². The Bertz CT molecular complexity index is 1900. The van der Waals surface area contributed by atoms with Crippen LogP contribution in [0.4, 0.5) is 11.4 Å². The number of benzene rings is 2. The number of halogens is 1. The summed E-state index contributed by atoms with van der Waals surface area (Å²) in [6, 6.07) is 13.6. The normalized spacial score (nSPS) is 16.0. The van der Waals surface area contributed by atoms with Crippen LogP contribution >= 0.6 is 11.6 Å². The Balaban J connectivity index is 0.000000378. The van der Waals surface area contributed by atoms with Crippen LogP contribution in [0.3, 0.4) is 0 Å². The summed E-state index contributed by atoms with van der Waals surface area (Å²) in [5, 5.41) is 16.5. The van der Waals surface area contributed by atoms with Crippen LogP contribution in [0.1, 0.15) is 36.8 Å². The molecule has 0 saturated carbocycles. The lowest BCUT2D eigenvalue weighted by Crippen LogP contribution is -2.20. The van der Waals surface area contributed by atoms with Crippen molar-refractivity contribution in [3.8, 4) is 11.6 Å². The van der Waals surface area contributed by atoms with Crippen LogP contribution in [0.25, 0.3) is 21.9 Å². The van der Waals surface area contributed by atoms with Crippen LogP contribution in [0, 0.1) is 0 Å². The van der Waals surface area contributed by atoms with Gasteiger partial charge in [0, 0.05) is 46.4 Å². The highest BCUT2D eigenvalue weighted by Gasteiger charge is 2.21. The fourth-order valence-corrected chi connectivity index (χ4v) is 7.66. The zero-order valence-corrected chi connectivity index (χ0v) is 28.3. The highest BCUT2D eigenvalue weighted by Crippen LogP contribution is 2.37. The number of ether oxygens (including phenoxy) is 1. The lowest BCUT2D eigenvalue weighted by molar-refractivity contribution is 0.312. The molecule has 0 unspecified atom stereocenters. The molecule has 4 N–H and O–H groups in total. The third kappa shape index (κ3) is 9.63. The van der Waals surface area contributed by atoms with Crippen LogP contribution in [0.2, 0.25) is 5.02 Å². The minimum atomic E-state index is -4.30. The molecule has 0 bridgehead atoms. The number of likely N-dealkylation sites (tertiary alicyclic amines) is 2. The molecule has 2 saturated heterocycles. The molecule has 2 aromatic heterocycles. The molecular formula is C31H38ClN5O8S2. The minimum Gasteiger partial charge on any atom is -0.507 e. The zero-order chi connectivity index (χ0) is 33.8. The number of hydrogen-bond donors (Lipinski definition) is 4. The van der Waals surface area contributed by atoms with Gasteiger partial charge in [-0.3, -0.25) is 18.9 Å². The van der Waals surface area contributed by atoms with Gasteiger partial charge < -0.3 is 15.2 Å². The van der Waals surface area contributed by atoms with Gasteiger partial charge in [0.1, 0.15) is 11.3 Å². The average molecular weight is 708 g/mol. The smallest absolute Gasteiger partial charge is 0.265 e. The number of fused-ring (bicyclic) bond motifs is 2. The maximum absolute atomic E-state index is 11.3. The summed E-state index contributed by atoms with van der Waals surface area (Å²) in [6.07, 6.45) is 4.85. The van der Waals surface area contributed by atoms with E-state index in [0.717, 1.165) is 83.7 Å². The molecular weight excluding hydrogens is 670 g/mol. The molecule has 47 heavy (non-hydrogen) atoms. The summed E-state index contributed by atoms with van der Waals surface area (Å²) in [5.74, 6) is -1.02. The fraction of sp³-hybridized carbons (Fsp3) is 0.419. The van der Waals surface area contributed by atoms with Crippen molar-refractivity contribution in [1.82, 2.24) is 19.8 Å². The molecule has 13 nitrogen and oxygen atoms in total. The molecule has 6 rings (SSSR count). The molecule has 254 valence electrons. The van der Waals surface area contributed by atoms with Crippen molar-refractivity contribution >= 4 is 65.1 Å². The Kier molecular flexibility index (Phi) is 11.1. The zero-order valence-electron chi connectivity index (χ0n) is 25.9. The van der Waals surface area contributed by atoms with Crippen LogP contribution in [-0.4, -0.2) is 95.6 Å². The van der Waals surface area contributed by atoms with Crippen LogP contribution in [-0.2, 0) is 33.3 Å². The molecule has 2 aliphatic rings. The number of pyridine rings is 2. The SMILES string of the molecule is COc1ccc2nc3cc(Cl)ccc3c(Nc3cc(CN4CCCC4)c(O)c(CN4CCCC4)c3)c2n1.O=S(=O)(O)CCS(=O)(=O)O. The van der Waals surface area contributed by atoms with Crippen molar-refractivity contribution in [3.05, 3.63) is 58.6 Å². The predicted octanol–water partition coefficient (Wildman–Crippen LogP) is 4.85. The summed E-state index contributed by atoms with van der Waals surface area (Å²) in [4.78, 5) is 14.4. The first kappa shape index (κ1) is 35.0. The quantitative estimate of drug-likeness (QED) is 0.0998. The Morgan fingerprint density at radius 1 is 0.809 bits per heavy atom. The van der Waals surface area contributed by atoms with E-state index in [-0.39, 0.29) is 0 Å². The standard InChI is InChI=1S/C29H32ClN5O2.C2H6O6S2/c1-37-26-9-8-24-28(33-26)27(23-7-6-21(30)16-25(23)32-24)31-22-14-19(17-34-10-2-3-11-34)29(36)20(15-22)18-35-12-4-5-13-35;3-9(4,5)1-2-10(6,7)8/h6-9,14-16,36H,2-5,10-13,17-18H2,1H3,(H,31,32);1-2H2,(H,3,4,5)(H,6,7,8). The van der Waals surface area contributed by atoms with Crippen molar-refractivity contribution in [1.29, 1.82) is 0 Å². The number of phenolic OH excluding ortho intramolecular Hbond substituents is 1. The number of methoxy groups -OCH3 is 1. The van der Waals surface area contributed by atoms with Crippen molar-refractivity contribution in [3.63, 3.8) is 0 Å². The second-order valence-corrected chi connectivity index (χ2v) is 15.3. The van der Waals surface area contributed by atoms with E-state index >= 15 is 0 Å². The summed E-state index contributed by atoms with van der Waals surface area (Å²) >= 11 is 6.32. The van der Waals surface area contributed by atoms with Crippen molar-refractivity contribution in [2.24, 2.45) is 0 Å². The summed E-state index contributed by atoms with van der Waals surface area (Å²) in [6.45, 7) is 5.78. The van der Waals surface area contributed by atoms with E-state index in [2.05, 4.69) is 27.2 Å². The number of nitrogens with one attached hydrogen (secondary N) is 1. The highest BCUT2D eigenvalue weighted by molar-refractivity contribution is 7.89. The van der Waals surface area contributed by atoms with E-state index in [0.29, 0.717) is 16.7 Å². The minimum absolute atomic E-state index is 0.417. The largest absolute Gasteiger partial charge is 0.507 e. The van der Waals surface area contributed by atoms with Gasteiger partial charge in [0.05, 0.1) is 35.3 Å². The van der Waals surface area contributed by atoms with E-state index in [4.69, 9.17) is 35.4 Å². The first-order valence-corrected chi connectivity index (χ1v) is 18.8. The molecule has 2 fully saturated rings. The average Bonchev–Trinajstić information content (AvgIpc) is 3.72. The molecule has 2 aliphatic heterocycles. The molecule has 4 heterocycles. The van der Waals surface area contributed by atoms with E-state index in [1.165, 1.54) is 25.7 Å². The summed E-state index contributed by atoms with van der Waals surface area (Å²) in [7, 11) is -6.98. The van der Waals surface area contributed by atoms with Gasteiger partial charge in [-0.2, -0.15) is 16.8 Å². The maximum Gasteiger partial charge on any atom is 0.265 e. The van der Waals surface area contributed by atoms with Crippen molar-refractivity contribution < 1.29 is 35.8 Å². The molecule has 0 atom stereocenters. The second kappa shape index (κ2) is 14.8. The first-order valence-electron chi connectivity index (χ1n) is 15.2. The molecule has 2 aromatic carbocycles. The molecule has 0 aliphatic carbocycles. The van der Waals surface area contributed by atoms with Crippen LogP contribution < -0.4 is 10.1 Å². The van der Waals surface area contributed by atoms with Gasteiger partial charge in [-0.25, -0.2) is 9.97 Å². The van der Waals surface area contributed by atoms with Crippen molar-refractivity contribution in [2.45, 2.75) is 38.8 Å². The molecule has 4 aromatic rings. The highest BCUT2D eigenvalue weighted by atomic mass is 35.5. The van der Waals surface area contributed by atoms with Crippen molar-refractivity contribution in [2.75, 3.05) is 50.1 Å². The Morgan fingerprint density at radius 2 is 1.36 bits per heavy atom. The lowest BCUT2D eigenvalue weighted by atomic mass is 10.0. The number of aromatic hydroxyl groups is 1. The van der Waals surface area contributed by atoms with E-state index < -0.39 is 31.7 Å². The van der Waals surface area contributed by atoms with Crippen LogP contribution in [0.15, 0.2) is 42.5 Å². The number of hydrogen-bond acceptors (Lipinski definition) is 11. The Labute approximate surface area is 279 Å².